The molecule has 0 saturated heterocycles. The topological polar surface area (TPSA) is 55.1 Å². The number of imidazole rings is 1. The van der Waals surface area contributed by atoms with Gasteiger partial charge in [-0.2, -0.15) is 13.2 Å². The van der Waals surface area contributed by atoms with Crippen LogP contribution in [0.3, 0.4) is 0 Å². The van der Waals surface area contributed by atoms with Crippen molar-refractivity contribution in [2.75, 3.05) is 0 Å². The molecule has 21 heavy (non-hydrogen) atoms. The van der Waals surface area contributed by atoms with Crippen molar-refractivity contribution in [2.45, 2.75) is 38.9 Å². The van der Waals surface area contributed by atoms with Crippen LogP contribution in [0.4, 0.5) is 13.2 Å². The minimum absolute atomic E-state index is 0.000147. The average Bonchev–Trinajstić information content (AvgIpc) is 2.74. The van der Waals surface area contributed by atoms with Gasteiger partial charge in [-0.1, -0.05) is 13.0 Å². The van der Waals surface area contributed by atoms with Gasteiger partial charge in [0.25, 0.3) is 0 Å². The molecule has 1 unspecified atom stereocenters. The maximum Gasteiger partial charge on any atom is 0.391 e. The molecule has 1 atom stereocenters. The Kier molecular flexibility index (Phi) is 3.93. The molecule has 0 amide bonds. The molecule has 2 aromatic rings. The minimum Gasteiger partial charge on any atom is -0.478 e. The number of halogens is 3. The van der Waals surface area contributed by atoms with Crippen LogP contribution in [0.25, 0.3) is 11.0 Å². The minimum atomic E-state index is -4.29. The van der Waals surface area contributed by atoms with Crippen LogP contribution >= 0.6 is 0 Å². The maximum absolute atomic E-state index is 12.6. The van der Waals surface area contributed by atoms with E-state index in [1.807, 2.05) is 0 Å². The molecule has 0 saturated carbocycles. The van der Waals surface area contributed by atoms with Crippen LogP contribution in [0, 0.1) is 0 Å². The zero-order chi connectivity index (χ0) is 15.8. The molecule has 1 aromatic heterocycles. The largest absolute Gasteiger partial charge is 0.478 e. The monoisotopic (exact) mass is 300 g/mol. The van der Waals surface area contributed by atoms with Gasteiger partial charge in [-0.25, -0.2) is 9.78 Å². The second kappa shape index (κ2) is 5.38. The molecule has 0 bridgehead atoms. The number of aromatic carboxylic acids is 1. The molecule has 7 heteroatoms. The van der Waals surface area contributed by atoms with Crippen molar-refractivity contribution in [3.63, 3.8) is 0 Å². The Morgan fingerprint density at radius 3 is 2.62 bits per heavy atom. The molecule has 114 valence electrons. The molecule has 0 aliphatic heterocycles. The van der Waals surface area contributed by atoms with E-state index in [1.54, 1.807) is 13.0 Å². The Labute approximate surface area is 119 Å². The number of carboxylic acids is 1. The third-order valence-electron chi connectivity index (χ3n) is 3.31. The number of hydrogen-bond acceptors (Lipinski definition) is 2. The van der Waals surface area contributed by atoms with Crippen molar-refractivity contribution in [3.8, 4) is 0 Å². The first-order valence-electron chi connectivity index (χ1n) is 6.54. The number of alkyl halides is 3. The second-order valence-corrected chi connectivity index (χ2v) is 4.90. The molecule has 0 aliphatic carbocycles. The van der Waals surface area contributed by atoms with Gasteiger partial charge in [0, 0.05) is 12.5 Å². The van der Waals surface area contributed by atoms with Gasteiger partial charge in [0.15, 0.2) is 0 Å². The number of fused-ring (bicyclic) bond motifs is 1. The number of carbonyl (C=O) groups is 1. The Morgan fingerprint density at radius 1 is 1.43 bits per heavy atom. The number of para-hydroxylation sites is 1. The van der Waals surface area contributed by atoms with Crippen LogP contribution in [-0.4, -0.2) is 26.8 Å². The standard InChI is InChI=1S/C14H15F3N2O2/c1-3-11-18-12-9(13(20)21)5-4-6-10(12)19(11)8(2)7-14(15,16)17/h4-6,8H,3,7H2,1-2H3,(H,20,21). The van der Waals surface area contributed by atoms with Crippen LogP contribution in [0.2, 0.25) is 0 Å². The van der Waals surface area contributed by atoms with E-state index in [9.17, 15) is 18.0 Å². The lowest BCUT2D eigenvalue weighted by Crippen LogP contribution is -2.18. The van der Waals surface area contributed by atoms with Gasteiger partial charge in [-0.15, -0.1) is 0 Å². The maximum atomic E-state index is 12.6. The summed E-state index contributed by atoms with van der Waals surface area (Å²) in [5, 5.41) is 9.15. The number of aromatic nitrogens is 2. The number of hydrogen-bond donors (Lipinski definition) is 1. The van der Waals surface area contributed by atoms with Crippen molar-refractivity contribution in [1.82, 2.24) is 9.55 Å². The third kappa shape index (κ3) is 3.01. The summed E-state index contributed by atoms with van der Waals surface area (Å²) in [6, 6.07) is 3.68. The van der Waals surface area contributed by atoms with Gasteiger partial charge in [-0.05, 0) is 19.1 Å². The molecule has 4 nitrogen and oxygen atoms in total. The molecule has 1 heterocycles. The van der Waals surface area contributed by atoms with E-state index in [4.69, 9.17) is 5.11 Å². The highest BCUT2D eigenvalue weighted by Crippen LogP contribution is 2.32. The van der Waals surface area contributed by atoms with Gasteiger partial charge >= 0.3 is 12.1 Å². The lowest BCUT2D eigenvalue weighted by atomic mass is 10.1. The lowest BCUT2D eigenvalue weighted by Gasteiger charge is -2.18. The zero-order valence-electron chi connectivity index (χ0n) is 11.6. The Bertz CT molecular complexity index is 677. The first-order valence-corrected chi connectivity index (χ1v) is 6.54. The van der Waals surface area contributed by atoms with E-state index in [2.05, 4.69) is 4.98 Å². The van der Waals surface area contributed by atoms with E-state index < -0.39 is 24.6 Å². The summed E-state index contributed by atoms with van der Waals surface area (Å²) < 4.78 is 39.3. The third-order valence-corrected chi connectivity index (χ3v) is 3.31. The second-order valence-electron chi connectivity index (χ2n) is 4.90. The molecule has 2 rings (SSSR count). The van der Waals surface area contributed by atoms with Crippen LogP contribution in [0.15, 0.2) is 18.2 Å². The molecule has 0 fully saturated rings. The average molecular weight is 300 g/mol. The Balaban J connectivity index is 2.62. The fourth-order valence-electron chi connectivity index (χ4n) is 2.51. The van der Waals surface area contributed by atoms with Crippen molar-refractivity contribution in [3.05, 3.63) is 29.6 Å². The molecule has 1 N–H and O–H groups in total. The summed E-state index contributed by atoms with van der Waals surface area (Å²) in [6.45, 7) is 3.24. The summed E-state index contributed by atoms with van der Waals surface area (Å²) in [7, 11) is 0. The predicted octanol–water partition coefficient (Wildman–Crippen LogP) is 3.81. The molecule has 0 spiro atoms. The number of nitrogens with zero attached hydrogens (tertiary/aromatic N) is 2. The van der Waals surface area contributed by atoms with Gasteiger partial charge in [-0.3, -0.25) is 0 Å². The van der Waals surface area contributed by atoms with E-state index in [-0.39, 0.29) is 11.1 Å². The fourth-order valence-corrected chi connectivity index (χ4v) is 2.51. The smallest absolute Gasteiger partial charge is 0.391 e. The van der Waals surface area contributed by atoms with E-state index in [0.717, 1.165) is 0 Å². The number of rotatable bonds is 4. The summed E-state index contributed by atoms with van der Waals surface area (Å²) in [4.78, 5) is 15.4. The predicted molar refractivity (Wildman–Crippen MR) is 71.5 cm³/mol. The lowest BCUT2D eigenvalue weighted by molar-refractivity contribution is -0.141. The summed E-state index contributed by atoms with van der Waals surface area (Å²) in [5.41, 5.74) is 0.652. The highest BCUT2D eigenvalue weighted by atomic mass is 19.4. The first kappa shape index (κ1) is 15.3. The molecular weight excluding hydrogens is 285 g/mol. The van der Waals surface area contributed by atoms with Crippen LogP contribution in [0.1, 0.15) is 42.5 Å². The van der Waals surface area contributed by atoms with E-state index in [0.29, 0.717) is 17.8 Å². The van der Waals surface area contributed by atoms with Crippen molar-refractivity contribution >= 4 is 17.0 Å². The summed E-state index contributed by atoms with van der Waals surface area (Å²) in [5.74, 6) is -0.688. The summed E-state index contributed by atoms with van der Waals surface area (Å²) in [6.07, 6.45) is -4.84. The number of benzene rings is 1. The van der Waals surface area contributed by atoms with Crippen molar-refractivity contribution in [1.29, 1.82) is 0 Å². The van der Waals surface area contributed by atoms with Crippen molar-refractivity contribution in [2.24, 2.45) is 0 Å². The summed E-state index contributed by atoms with van der Waals surface area (Å²) >= 11 is 0. The van der Waals surface area contributed by atoms with Gasteiger partial charge < -0.3 is 9.67 Å². The Morgan fingerprint density at radius 2 is 2.10 bits per heavy atom. The molecule has 0 radical (unpaired) electrons. The van der Waals surface area contributed by atoms with E-state index >= 15 is 0 Å². The quantitative estimate of drug-likeness (QED) is 0.934. The number of carboxylic acid groups (broad SMARTS) is 1. The first-order chi connectivity index (χ1) is 9.74. The van der Waals surface area contributed by atoms with E-state index in [1.165, 1.54) is 23.6 Å². The fraction of sp³-hybridized carbons (Fsp3) is 0.429. The van der Waals surface area contributed by atoms with Gasteiger partial charge in [0.05, 0.1) is 17.5 Å². The molecule has 0 aliphatic rings. The van der Waals surface area contributed by atoms with Crippen LogP contribution in [0.5, 0.6) is 0 Å². The van der Waals surface area contributed by atoms with Crippen molar-refractivity contribution < 1.29 is 23.1 Å². The molecule has 1 aromatic carbocycles. The highest BCUT2D eigenvalue weighted by molar-refractivity contribution is 6.01. The van der Waals surface area contributed by atoms with Crippen LogP contribution < -0.4 is 0 Å². The highest BCUT2D eigenvalue weighted by Gasteiger charge is 2.32. The molecular formula is C14H15F3N2O2. The Hall–Kier alpha value is -2.05. The van der Waals surface area contributed by atoms with Crippen LogP contribution in [-0.2, 0) is 6.42 Å². The van der Waals surface area contributed by atoms with Gasteiger partial charge in [0.2, 0.25) is 0 Å². The SMILES string of the molecule is CCc1nc2c(C(=O)O)cccc2n1C(C)CC(F)(F)F. The van der Waals surface area contributed by atoms with Gasteiger partial charge in [0.1, 0.15) is 11.3 Å². The number of aryl methyl sites for hydroxylation is 1. The normalized spacial score (nSPS) is 13.6. The zero-order valence-corrected chi connectivity index (χ0v) is 11.6.